The van der Waals surface area contributed by atoms with Crippen LogP contribution in [0.5, 0.6) is 0 Å². The number of hydrogen-bond donors (Lipinski definition) is 0. The van der Waals surface area contributed by atoms with Gasteiger partial charge in [0, 0.05) is 0 Å². The Bertz CT molecular complexity index is 395. The zero-order valence-corrected chi connectivity index (χ0v) is 26.6. The second kappa shape index (κ2) is 32.9. The van der Waals surface area contributed by atoms with Crippen LogP contribution in [0.4, 0.5) is 0 Å². The van der Waals surface area contributed by atoms with Crippen LogP contribution in [0.3, 0.4) is 0 Å². The van der Waals surface area contributed by atoms with Crippen molar-refractivity contribution in [2.45, 2.75) is 231 Å². The van der Waals surface area contributed by atoms with Gasteiger partial charge in [0.1, 0.15) is 0 Å². The van der Waals surface area contributed by atoms with E-state index in [0.717, 1.165) is 0 Å². The number of rotatable bonds is 0. The van der Waals surface area contributed by atoms with Crippen LogP contribution in [-0.4, -0.2) is 0 Å². The van der Waals surface area contributed by atoms with Gasteiger partial charge in [-0.1, -0.05) is 218 Å². The fourth-order valence-corrected chi connectivity index (χ4v) is 6.42. The predicted molar refractivity (Wildman–Crippen MR) is 175 cm³/mol. The van der Waals surface area contributed by atoms with E-state index in [1.807, 2.05) is 0 Å². The van der Waals surface area contributed by atoms with Crippen LogP contribution in [-0.2, 0) is 0 Å². The van der Waals surface area contributed by atoms with Gasteiger partial charge in [-0.25, -0.2) is 0 Å². The molecule has 0 atom stereocenters. The van der Waals surface area contributed by atoms with Gasteiger partial charge in [-0.3, -0.25) is 0 Å². The lowest BCUT2D eigenvalue weighted by Crippen LogP contribution is -1.85. The maximum Gasteiger partial charge on any atom is -0.0351 e. The molecule has 0 N–H and O–H groups in total. The molecule has 1 rings (SSSR count). The smallest absolute Gasteiger partial charge is 0.0351 e. The first-order chi connectivity index (χ1) is 19.0. The van der Waals surface area contributed by atoms with Gasteiger partial charge in [0.05, 0.1) is 0 Å². The van der Waals surface area contributed by atoms with Crippen molar-refractivity contribution in [1.29, 1.82) is 0 Å². The van der Waals surface area contributed by atoms with Gasteiger partial charge in [-0.2, -0.15) is 0 Å². The van der Waals surface area contributed by atoms with Gasteiger partial charge in [0.15, 0.2) is 0 Å². The quantitative estimate of drug-likeness (QED) is 0.273. The van der Waals surface area contributed by atoms with Crippen molar-refractivity contribution < 1.29 is 0 Å². The highest BCUT2D eigenvalue weighted by Gasteiger charge is 1.97. The van der Waals surface area contributed by atoms with Crippen LogP contribution in [0, 0.1) is 0 Å². The van der Waals surface area contributed by atoms with E-state index in [-0.39, 0.29) is 0 Å². The first-order valence-electron chi connectivity index (χ1n) is 18.6. The van der Waals surface area contributed by atoms with E-state index in [2.05, 4.69) is 12.2 Å². The molecule has 0 spiro atoms. The number of hydrogen-bond acceptors (Lipinski definition) is 0. The second-order valence-electron chi connectivity index (χ2n) is 13.1. The summed E-state index contributed by atoms with van der Waals surface area (Å²) in [6.07, 6.45) is 58.0. The Labute approximate surface area is 243 Å². The molecule has 226 valence electrons. The molecule has 0 aliphatic heterocycles. The van der Waals surface area contributed by atoms with Crippen molar-refractivity contribution >= 4 is 0 Å². The Morgan fingerprint density at radius 3 is 0.368 bits per heavy atom. The summed E-state index contributed by atoms with van der Waals surface area (Å²) in [5.74, 6) is 0. The average molecular weight is 531 g/mol. The molecular weight excluding hydrogens is 456 g/mol. The van der Waals surface area contributed by atoms with Crippen molar-refractivity contribution in [3.8, 4) is 0 Å². The lowest BCUT2D eigenvalue weighted by atomic mass is 10.0. The van der Waals surface area contributed by atoms with Crippen LogP contribution >= 0.6 is 0 Å². The Kier molecular flexibility index (Phi) is 31.0. The summed E-state index contributed by atoms with van der Waals surface area (Å²) in [7, 11) is 0. The van der Waals surface area contributed by atoms with Gasteiger partial charge in [-0.15, -0.1) is 0 Å². The van der Waals surface area contributed by atoms with Crippen LogP contribution < -0.4 is 0 Å². The molecule has 38 heavy (non-hydrogen) atoms. The fraction of sp³-hybridized carbons (Fsp3) is 0.947. The summed E-state index contributed by atoms with van der Waals surface area (Å²) in [5.41, 5.74) is 0. The molecule has 0 aromatic heterocycles. The normalized spacial score (nSPS) is 23.6. The van der Waals surface area contributed by atoms with Crippen LogP contribution in [0.1, 0.15) is 231 Å². The topological polar surface area (TPSA) is 0 Å². The van der Waals surface area contributed by atoms with Gasteiger partial charge in [0.25, 0.3) is 0 Å². The third-order valence-electron chi connectivity index (χ3n) is 9.16. The Balaban J connectivity index is 2.03. The van der Waals surface area contributed by atoms with Crippen LogP contribution in [0.25, 0.3) is 0 Å². The molecule has 0 radical (unpaired) electrons. The molecule has 0 aromatic rings. The molecule has 1 aliphatic carbocycles. The highest BCUT2D eigenvalue weighted by atomic mass is 14.0. The summed E-state index contributed by atoms with van der Waals surface area (Å²) in [6.45, 7) is 0. The number of allylic oxidation sites excluding steroid dienone is 2. The van der Waals surface area contributed by atoms with E-state index in [0.29, 0.717) is 0 Å². The summed E-state index contributed by atoms with van der Waals surface area (Å²) in [6, 6.07) is 0. The minimum Gasteiger partial charge on any atom is -0.0885 e. The minimum absolute atomic E-state index is 1.32. The zero-order chi connectivity index (χ0) is 26.9. The van der Waals surface area contributed by atoms with E-state index in [4.69, 9.17) is 0 Å². The third-order valence-corrected chi connectivity index (χ3v) is 9.16. The molecule has 0 saturated carbocycles. The van der Waals surface area contributed by atoms with Crippen LogP contribution in [0.15, 0.2) is 12.2 Å². The zero-order valence-electron chi connectivity index (χ0n) is 26.6. The molecule has 0 amide bonds. The van der Waals surface area contributed by atoms with Crippen molar-refractivity contribution in [2.75, 3.05) is 0 Å². The molecule has 0 aromatic carbocycles. The highest BCUT2D eigenvalue weighted by molar-refractivity contribution is 4.81. The molecule has 0 heteroatoms. The van der Waals surface area contributed by atoms with Crippen molar-refractivity contribution in [3.63, 3.8) is 0 Å². The first-order valence-corrected chi connectivity index (χ1v) is 18.6. The highest BCUT2D eigenvalue weighted by Crippen LogP contribution is 2.17. The SMILES string of the molecule is C1=CCCCCCCCCCCCCCCCCCCCCCCCCCCCCCCCCCCCC1. The third kappa shape index (κ3) is 30.3. The minimum atomic E-state index is 1.32. The Morgan fingerprint density at radius 1 is 0.132 bits per heavy atom. The molecule has 0 bridgehead atoms. The second-order valence-corrected chi connectivity index (χ2v) is 13.1. The summed E-state index contributed by atoms with van der Waals surface area (Å²) in [4.78, 5) is 0. The van der Waals surface area contributed by atoms with Gasteiger partial charge >= 0.3 is 0 Å². The average Bonchev–Trinajstić information content (AvgIpc) is 2.93. The van der Waals surface area contributed by atoms with Crippen molar-refractivity contribution in [3.05, 3.63) is 12.2 Å². The standard InChI is InChI=1S/C38H74/c1-2-4-6-8-10-12-14-16-18-20-22-24-26-28-30-32-34-36-38-37-35-33-31-29-27-25-23-21-19-17-15-13-11-9-7-5-3-1/h1-2H,3-38H2. The fourth-order valence-electron chi connectivity index (χ4n) is 6.42. The Morgan fingerprint density at radius 2 is 0.237 bits per heavy atom. The van der Waals surface area contributed by atoms with E-state index in [1.165, 1.54) is 231 Å². The van der Waals surface area contributed by atoms with Gasteiger partial charge < -0.3 is 0 Å². The summed E-state index contributed by atoms with van der Waals surface area (Å²) < 4.78 is 0. The monoisotopic (exact) mass is 531 g/mol. The maximum atomic E-state index is 2.47. The molecule has 0 unspecified atom stereocenters. The summed E-state index contributed by atoms with van der Waals surface area (Å²) in [5, 5.41) is 0. The van der Waals surface area contributed by atoms with E-state index >= 15 is 0 Å². The molecule has 0 saturated heterocycles. The maximum absolute atomic E-state index is 2.47. The van der Waals surface area contributed by atoms with Gasteiger partial charge in [0.2, 0.25) is 0 Å². The molecule has 0 fully saturated rings. The van der Waals surface area contributed by atoms with Gasteiger partial charge in [-0.05, 0) is 25.7 Å². The largest absolute Gasteiger partial charge is 0.0885 e. The lowest BCUT2D eigenvalue weighted by molar-refractivity contribution is 0.511. The first kappa shape index (κ1) is 35.8. The van der Waals surface area contributed by atoms with Crippen LogP contribution in [0.2, 0.25) is 0 Å². The van der Waals surface area contributed by atoms with E-state index in [9.17, 15) is 0 Å². The van der Waals surface area contributed by atoms with E-state index in [1.54, 1.807) is 0 Å². The Hall–Kier alpha value is -0.260. The molecular formula is C38H74. The molecule has 0 nitrogen and oxygen atoms in total. The summed E-state index contributed by atoms with van der Waals surface area (Å²) >= 11 is 0. The predicted octanol–water partition coefficient (Wildman–Crippen LogP) is 14.6. The lowest BCUT2D eigenvalue weighted by Gasteiger charge is -2.05. The molecule has 0 heterocycles. The molecule has 1 aliphatic rings. The van der Waals surface area contributed by atoms with E-state index < -0.39 is 0 Å². The van der Waals surface area contributed by atoms with Crippen molar-refractivity contribution in [2.24, 2.45) is 0 Å². The van der Waals surface area contributed by atoms with Crippen molar-refractivity contribution in [1.82, 2.24) is 0 Å².